The standard InChI is InChI=1S/C18H26N4O/c1-15-12-22(6-7-23-15)13-17-5-3-4-16(8-17)9-19-10-18-11-20-14-21(18)2/h3-5,8,11,14-15,19H,6-7,9-10,12-13H2,1-2H3/t15-/m0/s1. The number of nitrogens with zero attached hydrogens (tertiary/aromatic N) is 3. The van der Waals surface area contributed by atoms with Crippen LogP contribution in [0.25, 0.3) is 0 Å². The molecule has 0 unspecified atom stereocenters. The van der Waals surface area contributed by atoms with E-state index in [0.717, 1.165) is 39.3 Å². The average Bonchev–Trinajstić information content (AvgIpc) is 2.93. The van der Waals surface area contributed by atoms with Gasteiger partial charge in [0.1, 0.15) is 0 Å². The minimum atomic E-state index is 0.340. The van der Waals surface area contributed by atoms with Gasteiger partial charge in [-0.05, 0) is 18.1 Å². The maximum absolute atomic E-state index is 5.61. The van der Waals surface area contributed by atoms with Crippen molar-refractivity contribution in [1.29, 1.82) is 0 Å². The first-order valence-electron chi connectivity index (χ1n) is 8.28. The van der Waals surface area contributed by atoms with Crippen LogP contribution in [0.4, 0.5) is 0 Å². The fourth-order valence-corrected chi connectivity index (χ4v) is 3.02. The highest BCUT2D eigenvalue weighted by Gasteiger charge is 2.16. The molecule has 0 aliphatic carbocycles. The highest BCUT2D eigenvalue weighted by atomic mass is 16.5. The Kier molecular flexibility index (Phi) is 5.43. The van der Waals surface area contributed by atoms with Crippen molar-refractivity contribution in [2.45, 2.75) is 32.7 Å². The molecule has 0 bridgehead atoms. The van der Waals surface area contributed by atoms with Crippen LogP contribution >= 0.6 is 0 Å². The van der Waals surface area contributed by atoms with E-state index in [1.54, 1.807) is 0 Å². The molecule has 1 aliphatic rings. The minimum absolute atomic E-state index is 0.340. The van der Waals surface area contributed by atoms with Crippen LogP contribution in [0.5, 0.6) is 0 Å². The van der Waals surface area contributed by atoms with Crippen molar-refractivity contribution >= 4 is 0 Å². The molecule has 5 nitrogen and oxygen atoms in total. The molecule has 0 radical (unpaired) electrons. The first-order chi connectivity index (χ1) is 11.2. The summed E-state index contributed by atoms with van der Waals surface area (Å²) in [7, 11) is 2.02. The lowest BCUT2D eigenvalue weighted by Gasteiger charge is -2.31. The van der Waals surface area contributed by atoms with Gasteiger partial charge in [-0.25, -0.2) is 4.98 Å². The van der Waals surface area contributed by atoms with Crippen molar-refractivity contribution in [3.63, 3.8) is 0 Å². The summed E-state index contributed by atoms with van der Waals surface area (Å²) in [6, 6.07) is 8.85. The van der Waals surface area contributed by atoms with E-state index in [0.29, 0.717) is 6.10 Å². The summed E-state index contributed by atoms with van der Waals surface area (Å²) < 4.78 is 7.65. The Morgan fingerprint density at radius 2 is 2.17 bits per heavy atom. The third-order valence-electron chi connectivity index (χ3n) is 4.27. The fraction of sp³-hybridized carbons (Fsp3) is 0.500. The van der Waals surface area contributed by atoms with Crippen LogP contribution in [0.15, 0.2) is 36.8 Å². The molecule has 2 heterocycles. The Morgan fingerprint density at radius 3 is 2.96 bits per heavy atom. The molecule has 1 saturated heterocycles. The largest absolute Gasteiger partial charge is 0.376 e. The zero-order chi connectivity index (χ0) is 16.1. The zero-order valence-corrected chi connectivity index (χ0v) is 14.0. The van der Waals surface area contributed by atoms with E-state index in [4.69, 9.17) is 4.74 Å². The third kappa shape index (κ3) is 4.64. The van der Waals surface area contributed by atoms with Crippen molar-refractivity contribution in [3.8, 4) is 0 Å². The van der Waals surface area contributed by atoms with E-state index >= 15 is 0 Å². The maximum atomic E-state index is 5.61. The van der Waals surface area contributed by atoms with Gasteiger partial charge in [0.15, 0.2) is 0 Å². The fourth-order valence-electron chi connectivity index (χ4n) is 3.02. The zero-order valence-electron chi connectivity index (χ0n) is 14.0. The van der Waals surface area contributed by atoms with Crippen LogP contribution in [0, 0.1) is 0 Å². The van der Waals surface area contributed by atoms with E-state index in [1.807, 2.05) is 24.1 Å². The monoisotopic (exact) mass is 314 g/mol. The lowest BCUT2D eigenvalue weighted by atomic mass is 10.1. The Labute approximate surface area is 138 Å². The topological polar surface area (TPSA) is 42.3 Å². The van der Waals surface area contributed by atoms with Crippen LogP contribution in [-0.4, -0.2) is 40.3 Å². The number of aromatic nitrogens is 2. The van der Waals surface area contributed by atoms with Gasteiger partial charge in [0, 0.05) is 46.0 Å². The Balaban J connectivity index is 1.51. The van der Waals surface area contributed by atoms with Crippen molar-refractivity contribution in [3.05, 3.63) is 53.6 Å². The van der Waals surface area contributed by atoms with Crippen molar-refractivity contribution in [2.24, 2.45) is 7.05 Å². The number of imidazole rings is 1. The lowest BCUT2D eigenvalue weighted by Crippen LogP contribution is -2.40. The van der Waals surface area contributed by atoms with E-state index in [1.165, 1.54) is 16.8 Å². The van der Waals surface area contributed by atoms with E-state index in [-0.39, 0.29) is 0 Å². The van der Waals surface area contributed by atoms with Gasteiger partial charge in [0.25, 0.3) is 0 Å². The number of morpholine rings is 1. The smallest absolute Gasteiger partial charge is 0.0945 e. The van der Waals surface area contributed by atoms with Gasteiger partial charge in [-0.1, -0.05) is 24.3 Å². The number of nitrogens with one attached hydrogen (secondary N) is 1. The van der Waals surface area contributed by atoms with Gasteiger partial charge in [-0.15, -0.1) is 0 Å². The molecule has 1 fully saturated rings. The quantitative estimate of drug-likeness (QED) is 0.885. The summed E-state index contributed by atoms with van der Waals surface area (Å²) in [5, 5.41) is 3.49. The van der Waals surface area contributed by atoms with Gasteiger partial charge >= 0.3 is 0 Å². The van der Waals surface area contributed by atoms with Crippen LogP contribution in [-0.2, 0) is 31.4 Å². The van der Waals surface area contributed by atoms with Crippen molar-refractivity contribution in [2.75, 3.05) is 19.7 Å². The molecule has 2 aromatic rings. The summed E-state index contributed by atoms with van der Waals surface area (Å²) in [6.07, 6.45) is 4.08. The van der Waals surface area contributed by atoms with Crippen LogP contribution < -0.4 is 5.32 Å². The molecule has 1 aromatic heterocycles. The average molecular weight is 314 g/mol. The number of hydrogen-bond donors (Lipinski definition) is 1. The van der Waals surface area contributed by atoms with Crippen LogP contribution in [0.3, 0.4) is 0 Å². The number of benzene rings is 1. The number of hydrogen-bond acceptors (Lipinski definition) is 4. The predicted octanol–water partition coefficient (Wildman–Crippen LogP) is 1.93. The molecular formula is C18H26N4O. The molecule has 1 aliphatic heterocycles. The first kappa shape index (κ1) is 16.2. The van der Waals surface area contributed by atoms with Crippen LogP contribution in [0.2, 0.25) is 0 Å². The summed E-state index contributed by atoms with van der Waals surface area (Å²) in [5.41, 5.74) is 3.90. The second kappa shape index (κ2) is 7.73. The molecule has 3 rings (SSSR count). The number of rotatable bonds is 6. The SMILES string of the molecule is C[C@H]1CN(Cc2cccc(CNCc3cncn3C)c2)CCO1. The molecule has 1 aromatic carbocycles. The van der Waals surface area contributed by atoms with Crippen molar-refractivity contribution in [1.82, 2.24) is 19.8 Å². The Bertz CT molecular complexity index is 625. The second-order valence-electron chi connectivity index (χ2n) is 6.34. The minimum Gasteiger partial charge on any atom is -0.376 e. The lowest BCUT2D eigenvalue weighted by molar-refractivity contribution is -0.0212. The molecule has 0 spiro atoms. The highest BCUT2D eigenvalue weighted by molar-refractivity contribution is 5.23. The van der Waals surface area contributed by atoms with Gasteiger partial charge in [-0.2, -0.15) is 0 Å². The molecule has 0 amide bonds. The number of aryl methyl sites for hydroxylation is 1. The Hall–Kier alpha value is -1.69. The molecule has 1 atom stereocenters. The highest BCUT2D eigenvalue weighted by Crippen LogP contribution is 2.12. The van der Waals surface area contributed by atoms with E-state index < -0.39 is 0 Å². The second-order valence-corrected chi connectivity index (χ2v) is 6.34. The van der Waals surface area contributed by atoms with Crippen molar-refractivity contribution < 1.29 is 4.74 Å². The Morgan fingerprint density at radius 1 is 1.30 bits per heavy atom. The molecule has 5 heteroatoms. The summed E-state index contributed by atoms with van der Waals surface area (Å²) in [4.78, 5) is 6.61. The van der Waals surface area contributed by atoms with E-state index in [2.05, 4.69) is 46.4 Å². The normalized spacial score (nSPS) is 19.1. The first-order valence-corrected chi connectivity index (χ1v) is 8.28. The summed E-state index contributed by atoms with van der Waals surface area (Å²) in [5.74, 6) is 0. The van der Waals surface area contributed by atoms with E-state index in [9.17, 15) is 0 Å². The van der Waals surface area contributed by atoms with Gasteiger partial charge in [-0.3, -0.25) is 4.90 Å². The molecular weight excluding hydrogens is 288 g/mol. The van der Waals surface area contributed by atoms with Gasteiger partial charge < -0.3 is 14.6 Å². The third-order valence-corrected chi connectivity index (χ3v) is 4.27. The molecule has 1 N–H and O–H groups in total. The summed E-state index contributed by atoms with van der Waals surface area (Å²) in [6.45, 7) is 7.73. The molecule has 0 saturated carbocycles. The summed E-state index contributed by atoms with van der Waals surface area (Å²) >= 11 is 0. The maximum Gasteiger partial charge on any atom is 0.0945 e. The van der Waals surface area contributed by atoms with Gasteiger partial charge in [0.2, 0.25) is 0 Å². The predicted molar refractivity (Wildman–Crippen MR) is 90.9 cm³/mol. The molecule has 124 valence electrons. The van der Waals surface area contributed by atoms with Crippen LogP contribution in [0.1, 0.15) is 23.7 Å². The van der Waals surface area contributed by atoms with Gasteiger partial charge in [0.05, 0.1) is 24.7 Å². The number of ether oxygens (including phenoxy) is 1. The molecule has 23 heavy (non-hydrogen) atoms.